The maximum absolute atomic E-state index is 11.4. The van der Waals surface area contributed by atoms with Gasteiger partial charge in [-0.2, -0.15) is 4.98 Å². The van der Waals surface area contributed by atoms with E-state index in [9.17, 15) is 8.42 Å². The highest BCUT2D eigenvalue weighted by atomic mass is 32.2. The quantitative estimate of drug-likeness (QED) is 0.856. The number of aromatic nitrogens is 2. The average Bonchev–Trinajstić information content (AvgIpc) is 3.09. The van der Waals surface area contributed by atoms with Gasteiger partial charge in [-0.25, -0.2) is 8.42 Å². The number of ether oxygens (including phenoxy) is 1. The SMILES string of the molecule is CS(=O)(=O)c1ccc(-c2nc([C@@H]3CCOC3)no2)cc1. The minimum absolute atomic E-state index is 0.183. The molecule has 6 nitrogen and oxygen atoms in total. The lowest BCUT2D eigenvalue weighted by Gasteiger charge is -1.99. The van der Waals surface area contributed by atoms with Gasteiger partial charge in [-0.1, -0.05) is 5.16 Å². The molecule has 2 heterocycles. The van der Waals surface area contributed by atoms with Gasteiger partial charge in [0.05, 0.1) is 11.5 Å². The average molecular weight is 294 g/mol. The van der Waals surface area contributed by atoms with E-state index in [1.54, 1.807) is 12.1 Å². The third-order valence-electron chi connectivity index (χ3n) is 3.27. The van der Waals surface area contributed by atoms with Gasteiger partial charge in [0.15, 0.2) is 15.7 Å². The summed E-state index contributed by atoms with van der Waals surface area (Å²) in [4.78, 5) is 4.62. The smallest absolute Gasteiger partial charge is 0.257 e. The number of rotatable bonds is 3. The van der Waals surface area contributed by atoms with Gasteiger partial charge in [-0.05, 0) is 30.7 Å². The summed E-state index contributed by atoms with van der Waals surface area (Å²) in [5.74, 6) is 1.22. The van der Waals surface area contributed by atoms with Gasteiger partial charge in [0.1, 0.15) is 0 Å². The van der Waals surface area contributed by atoms with Crippen molar-refractivity contribution in [3.63, 3.8) is 0 Å². The van der Waals surface area contributed by atoms with Crippen LogP contribution < -0.4 is 0 Å². The van der Waals surface area contributed by atoms with Crippen molar-refractivity contribution in [1.82, 2.24) is 10.1 Å². The molecule has 20 heavy (non-hydrogen) atoms. The molecule has 0 radical (unpaired) electrons. The lowest BCUT2D eigenvalue weighted by atomic mass is 10.1. The van der Waals surface area contributed by atoms with E-state index in [0.29, 0.717) is 23.9 Å². The van der Waals surface area contributed by atoms with Gasteiger partial charge >= 0.3 is 0 Å². The number of hydrogen-bond acceptors (Lipinski definition) is 6. The van der Waals surface area contributed by atoms with Gasteiger partial charge in [0.2, 0.25) is 0 Å². The molecular weight excluding hydrogens is 280 g/mol. The highest BCUT2D eigenvalue weighted by Crippen LogP contribution is 2.26. The summed E-state index contributed by atoms with van der Waals surface area (Å²) in [6.07, 6.45) is 2.07. The summed E-state index contributed by atoms with van der Waals surface area (Å²) >= 11 is 0. The Bertz CT molecular complexity index is 700. The number of benzene rings is 1. The Morgan fingerprint density at radius 2 is 2.00 bits per heavy atom. The van der Waals surface area contributed by atoms with Crippen LogP contribution in [-0.4, -0.2) is 38.0 Å². The third-order valence-corrected chi connectivity index (χ3v) is 4.39. The molecule has 1 fully saturated rings. The Morgan fingerprint density at radius 3 is 2.60 bits per heavy atom. The Kier molecular flexibility index (Phi) is 3.31. The first-order chi connectivity index (χ1) is 9.54. The van der Waals surface area contributed by atoms with Gasteiger partial charge in [-0.3, -0.25) is 0 Å². The highest BCUT2D eigenvalue weighted by molar-refractivity contribution is 7.90. The second-order valence-electron chi connectivity index (χ2n) is 4.81. The molecule has 7 heteroatoms. The second kappa shape index (κ2) is 4.99. The second-order valence-corrected chi connectivity index (χ2v) is 6.83. The van der Waals surface area contributed by atoms with E-state index in [4.69, 9.17) is 9.26 Å². The summed E-state index contributed by atoms with van der Waals surface area (Å²) in [6.45, 7) is 1.34. The molecule has 1 aliphatic rings. The number of sulfone groups is 1. The van der Waals surface area contributed by atoms with Crippen LogP contribution >= 0.6 is 0 Å². The minimum Gasteiger partial charge on any atom is -0.381 e. The summed E-state index contributed by atoms with van der Waals surface area (Å²) < 4.78 is 33.3. The first-order valence-electron chi connectivity index (χ1n) is 6.26. The van der Waals surface area contributed by atoms with Crippen LogP contribution in [-0.2, 0) is 14.6 Å². The lowest BCUT2D eigenvalue weighted by Crippen LogP contribution is -1.99. The fraction of sp³-hybridized carbons (Fsp3) is 0.385. The standard InChI is InChI=1S/C13H14N2O4S/c1-20(16,17)11-4-2-9(3-5-11)13-14-12(15-19-13)10-6-7-18-8-10/h2-5,10H,6-8H2,1H3/t10-/m1/s1. The monoisotopic (exact) mass is 294 g/mol. The highest BCUT2D eigenvalue weighted by Gasteiger charge is 2.23. The van der Waals surface area contributed by atoms with Crippen molar-refractivity contribution >= 4 is 9.84 Å². The Balaban J connectivity index is 1.86. The Hall–Kier alpha value is -1.73. The van der Waals surface area contributed by atoms with Crippen molar-refractivity contribution in [2.45, 2.75) is 17.2 Å². The van der Waals surface area contributed by atoms with Crippen molar-refractivity contribution in [1.29, 1.82) is 0 Å². The molecule has 1 aromatic heterocycles. The summed E-state index contributed by atoms with van der Waals surface area (Å²) in [6, 6.07) is 6.40. The Morgan fingerprint density at radius 1 is 1.25 bits per heavy atom. The maximum Gasteiger partial charge on any atom is 0.257 e. The molecule has 0 saturated carbocycles. The molecule has 0 amide bonds. The molecule has 1 saturated heterocycles. The van der Waals surface area contributed by atoms with Gasteiger partial charge in [-0.15, -0.1) is 0 Å². The first kappa shape index (κ1) is 13.3. The van der Waals surface area contributed by atoms with E-state index in [1.165, 1.54) is 18.4 Å². The molecule has 0 aliphatic carbocycles. The fourth-order valence-electron chi connectivity index (χ4n) is 2.10. The van der Waals surface area contributed by atoms with Crippen LogP contribution in [0.1, 0.15) is 18.2 Å². The minimum atomic E-state index is -3.19. The van der Waals surface area contributed by atoms with E-state index >= 15 is 0 Å². The van der Waals surface area contributed by atoms with Crippen LogP contribution in [0.3, 0.4) is 0 Å². The first-order valence-corrected chi connectivity index (χ1v) is 8.15. The largest absolute Gasteiger partial charge is 0.381 e. The van der Waals surface area contributed by atoms with Crippen molar-refractivity contribution in [3.05, 3.63) is 30.1 Å². The zero-order valence-corrected chi connectivity index (χ0v) is 11.8. The molecule has 0 unspecified atom stereocenters. The molecular formula is C13H14N2O4S. The molecule has 2 aromatic rings. The summed E-state index contributed by atoms with van der Waals surface area (Å²) in [7, 11) is -3.19. The van der Waals surface area contributed by atoms with Crippen molar-refractivity contribution < 1.29 is 17.7 Å². The van der Waals surface area contributed by atoms with Crippen molar-refractivity contribution in [2.75, 3.05) is 19.5 Å². The van der Waals surface area contributed by atoms with Crippen LogP contribution in [0.25, 0.3) is 11.5 Å². The zero-order chi connectivity index (χ0) is 14.2. The molecule has 0 bridgehead atoms. The van der Waals surface area contributed by atoms with Crippen molar-refractivity contribution in [2.24, 2.45) is 0 Å². The zero-order valence-electron chi connectivity index (χ0n) is 10.9. The van der Waals surface area contributed by atoms with E-state index in [0.717, 1.165) is 13.0 Å². The molecule has 1 atom stereocenters. The third kappa shape index (κ3) is 2.59. The maximum atomic E-state index is 11.4. The van der Waals surface area contributed by atoms with Crippen LogP contribution in [0.5, 0.6) is 0 Å². The number of hydrogen-bond donors (Lipinski definition) is 0. The van der Waals surface area contributed by atoms with E-state index in [1.807, 2.05) is 0 Å². The van der Waals surface area contributed by atoms with Gasteiger partial charge < -0.3 is 9.26 Å². The van der Waals surface area contributed by atoms with E-state index in [2.05, 4.69) is 10.1 Å². The topological polar surface area (TPSA) is 82.3 Å². The van der Waals surface area contributed by atoms with Crippen LogP contribution in [0.4, 0.5) is 0 Å². The molecule has 0 N–H and O–H groups in total. The molecule has 106 valence electrons. The summed E-state index contributed by atoms with van der Waals surface area (Å²) in [5.41, 5.74) is 0.704. The normalized spacial score (nSPS) is 19.4. The fourth-order valence-corrected chi connectivity index (χ4v) is 2.73. The van der Waals surface area contributed by atoms with Gasteiger partial charge in [0.25, 0.3) is 5.89 Å². The van der Waals surface area contributed by atoms with E-state index in [-0.39, 0.29) is 10.8 Å². The predicted octanol–water partition coefficient (Wildman–Crippen LogP) is 1.64. The van der Waals surface area contributed by atoms with Crippen LogP contribution in [0.15, 0.2) is 33.7 Å². The van der Waals surface area contributed by atoms with Crippen LogP contribution in [0.2, 0.25) is 0 Å². The number of nitrogens with zero attached hydrogens (tertiary/aromatic N) is 2. The van der Waals surface area contributed by atoms with E-state index < -0.39 is 9.84 Å². The molecule has 0 spiro atoms. The molecule has 3 rings (SSSR count). The lowest BCUT2D eigenvalue weighted by molar-refractivity contribution is 0.192. The van der Waals surface area contributed by atoms with Crippen molar-refractivity contribution in [3.8, 4) is 11.5 Å². The van der Waals surface area contributed by atoms with Gasteiger partial charge in [0, 0.05) is 24.3 Å². The predicted molar refractivity (Wildman–Crippen MR) is 71.0 cm³/mol. The summed E-state index contributed by atoms with van der Waals surface area (Å²) in [5, 5.41) is 3.96. The molecule has 1 aromatic carbocycles. The molecule has 1 aliphatic heterocycles. The van der Waals surface area contributed by atoms with Crippen LogP contribution in [0, 0.1) is 0 Å². The Labute approximate surface area is 116 Å².